The number of nitrogens with one attached hydrogen (secondary N) is 1. The van der Waals surface area contributed by atoms with E-state index in [1.807, 2.05) is 72.8 Å². The number of para-hydroxylation sites is 1. The van der Waals surface area contributed by atoms with Gasteiger partial charge < -0.3 is 19.2 Å². The number of hydrogen-bond donors (Lipinski definition) is 1. The van der Waals surface area contributed by atoms with E-state index in [4.69, 9.17) is 13.9 Å². The molecule has 4 rings (SSSR count). The molecule has 0 radical (unpaired) electrons. The molecule has 0 unspecified atom stereocenters. The van der Waals surface area contributed by atoms with E-state index in [9.17, 15) is 4.79 Å². The summed E-state index contributed by atoms with van der Waals surface area (Å²) in [6, 6.07) is 24.7. The summed E-state index contributed by atoms with van der Waals surface area (Å²) in [7, 11) is 0. The van der Waals surface area contributed by atoms with Crippen LogP contribution in [-0.2, 0) is 19.8 Å². The van der Waals surface area contributed by atoms with Gasteiger partial charge in [0.05, 0.1) is 6.26 Å². The molecule has 0 atom stereocenters. The maximum absolute atomic E-state index is 12.6. The molecule has 2 aromatic heterocycles. The Hall–Kier alpha value is -4.06. The van der Waals surface area contributed by atoms with Crippen molar-refractivity contribution in [2.24, 2.45) is 0 Å². The van der Waals surface area contributed by atoms with Crippen LogP contribution >= 0.6 is 0 Å². The number of hydrogen-bond acceptors (Lipinski definition) is 5. The van der Waals surface area contributed by atoms with Gasteiger partial charge in [-0.3, -0.25) is 4.79 Å². The number of benzene rings is 2. The van der Waals surface area contributed by atoms with Crippen LogP contribution in [0, 0.1) is 0 Å². The normalized spacial score (nSPS) is 10.5. The summed E-state index contributed by atoms with van der Waals surface area (Å²) in [6.07, 6.45) is 3.15. The fraction of sp³-hybridized carbons (Fsp3) is 0.120. The van der Waals surface area contributed by atoms with Gasteiger partial charge in [-0.15, -0.1) is 0 Å². The van der Waals surface area contributed by atoms with Gasteiger partial charge in [0.25, 0.3) is 5.91 Å². The lowest BCUT2D eigenvalue weighted by Gasteiger charge is -2.09. The molecule has 0 saturated heterocycles. The average Bonchev–Trinajstić information content (AvgIpc) is 3.30. The zero-order valence-corrected chi connectivity index (χ0v) is 16.9. The lowest BCUT2D eigenvalue weighted by molar-refractivity contribution is 0.0919. The smallest absolute Gasteiger partial charge is 0.287 e. The maximum Gasteiger partial charge on any atom is 0.287 e. The van der Waals surface area contributed by atoms with Gasteiger partial charge in [-0.1, -0.05) is 48.5 Å². The van der Waals surface area contributed by atoms with Crippen LogP contribution < -0.4 is 14.8 Å². The number of amides is 1. The average molecular weight is 414 g/mol. The molecule has 156 valence electrons. The first-order chi connectivity index (χ1) is 15.3. The van der Waals surface area contributed by atoms with Gasteiger partial charge in [0.1, 0.15) is 19.0 Å². The number of furan rings is 1. The summed E-state index contributed by atoms with van der Waals surface area (Å²) < 4.78 is 16.8. The highest BCUT2D eigenvalue weighted by atomic mass is 16.5. The first-order valence-electron chi connectivity index (χ1n) is 9.92. The largest absolute Gasteiger partial charge is 0.489 e. The zero-order valence-electron chi connectivity index (χ0n) is 16.9. The predicted molar refractivity (Wildman–Crippen MR) is 116 cm³/mol. The quantitative estimate of drug-likeness (QED) is 0.427. The minimum Gasteiger partial charge on any atom is -0.489 e. The minimum absolute atomic E-state index is 0.241. The molecule has 0 spiro atoms. The van der Waals surface area contributed by atoms with Gasteiger partial charge in [0.2, 0.25) is 5.88 Å². The first kappa shape index (κ1) is 20.2. The Morgan fingerprint density at radius 2 is 1.65 bits per heavy atom. The van der Waals surface area contributed by atoms with E-state index in [1.54, 1.807) is 12.3 Å². The molecule has 2 aromatic carbocycles. The fourth-order valence-electron chi connectivity index (χ4n) is 2.96. The lowest BCUT2D eigenvalue weighted by atomic mass is 10.2. The summed E-state index contributed by atoms with van der Waals surface area (Å²) in [5.74, 6) is 1.17. The minimum atomic E-state index is -0.305. The number of rotatable bonds is 9. The first-order valence-corrected chi connectivity index (χ1v) is 9.92. The number of ether oxygens (including phenoxy) is 2. The molecule has 6 heteroatoms. The van der Waals surface area contributed by atoms with Gasteiger partial charge in [-0.2, -0.15) is 0 Å². The highest BCUT2D eigenvalue weighted by Gasteiger charge is 2.16. The number of carbonyl (C=O) groups excluding carboxylic acids is 1. The van der Waals surface area contributed by atoms with Crippen molar-refractivity contribution in [1.29, 1.82) is 0 Å². The van der Waals surface area contributed by atoms with E-state index in [2.05, 4.69) is 10.3 Å². The summed E-state index contributed by atoms with van der Waals surface area (Å²) in [4.78, 5) is 16.8. The van der Waals surface area contributed by atoms with Crippen LogP contribution in [0.15, 0.2) is 95.7 Å². The van der Waals surface area contributed by atoms with Crippen LogP contribution in [0.25, 0.3) is 0 Å². The SMILES string of the molecule is O=C(NCc1ccnc(OCc2ccccc2)c1)c1occc1COc1ccccc1. The second-order valence-corrected chi connectivity index (χ2v) is 6.84. The molecule has 6 nitrogen and oxygen atoms in total. The van der Waals surface area contributed by atoms with Crippen molar-refractivity contribution in [2.45, 2.75) is 19.8 Å². The molecule has 0 aliphatic heterocycles. The molecule has 0 aliphatic carbocycles. The number of pyridine rings is 1. The molecule has 4 aromatic rings. The van der Waals surface area contributed by atoms with E-state index in [1.165, 1.54) is 6.26 Å². The summed E-state index contributed by atoms with van der Waals surface area (Å²) in [5.41, 5.74) is 2.62. The highest BCUT2D eigenvalue weighted by molar-refractivity contribution is 5.92. The fourth-order valence-corrected chi connectivity index (χ4v) is 2.96. The monoisotopic (exact) mass is 414 g/mol. The van der Waals surface area contributed by atoms with Gasteiger partial charge >= 0.3 is 0 Å². The molecular formula is C25H22N2O4. The van der Waals surface area contributed by atoms with Crippen molar-refractivity contribution in [1.82, 2.24) is 10.3 Å². The van der Waals surface area contributed by atoms with E-state index in [0.29, 0.717) is 24.6 Å². The second-order valence-electron chi connectivity index (χ2n) is 6.84. The van der Waals surface area contributed by atoms with Gasteiger partial charge in [-0.25, -0.2) is 4.98 Å². The Morgan fingerprint density at radius 3 is 2.45 bits per heavy atom. The molecular weight excluding hydrogens is 392 g/mol. The van der Waals surface area contributed by atoms with Crippen LogP contribution in [0.2, 0.25) is 0 Å². The summed E-state index contributed by atoms with van der Waals surface area (Å²) >= 11 is 0. The van der Waals surface area contributed by atoms with Gasteiger partial charge in [0, 0.05) is 24.4 Å². The Morgan fingerprint density at radius 1 is 0.871 bits per heavy atom. The highest BCUT2D eigenvalue weighted by Crippen LogP contribution is 2.16. The third kappa shape index (κ3) is 5.73. The molecule has 2 heterocycles. The molecule has 0 bridgehead atoms. The van der Waals surface area contributed by atoms with E-state index < -0.39 is 0 Å². The Kier molecular flexibility index (Phi) is 6.60. The zero-order chi connectivity index (χ0) is 21.3. The number of nitrogens with zero attached hydrogens (tertiary/aromatic N) is 1. The Bertz CT molecular complexity index is 1110. The van der Waals surface area contributed by atoms with Crippen LogP contribution in [0.3, 0.4) is 0 Å². The van der Waals surface area contributed by atoms with Gasteiger partial charge in [-0.05, 0) is 35.4 Å². The van der Waals surface area contributed by atoms with Gasteiger partial charge in [0.15, 0.2) is 5.76 Å². The molecule has 0 fully saturated rings. The van der Waals surface area contributed by atoms with E-state index >= 15 is 0 Å². The van der Waals surface area contributed by atoms with Crippen molar-refractivity contribution < 1.29 is 18.7 Å². The number of carbonyl (C=O) groups is 1. The molecule has 1 N–H and O–H groups in total. The maximum atomic E-state index is 12.6. The Labute approximate surface area is 180 Å². The Balaban J connectivity index is 1.31. The standard InChI is InChI=1S/C25H22N2O4/c28-25(24-21(12-14-29-24)18-30-22-9-5-2-6-10-22)27-16-20-11-13-26-23(15-20)31-17-19-7-3-1-4-8-19/h1-15H,16-18H2,(H,27,28). The van der Waals surface area contributed by atoms with Crippen molar-refractivity contribution in [3.05, 3.63) is 114 Å². The van der Waals surface area contributed by atoms with Crippen molar-refractivity contribution in [3.63, 3.8) is 0 Å². The van der Waals surface area contributed by atoms with E-state index in [0.717, 1.165) is 16.9 Å². The second kappa shape index (κ2) is 10.1. The topological polar surface area (TPSA) is 73.6 Å². The molecule has 0 aliphatic rings. The van der Waals surface area contributed by atoms with Crippen molar-refractivity contribution in [2.75, 3.05) is 0 Å². The van der Waals surface area contributed by atoms with Crippen molar-refractivity contribution >= 4 is 5.91 Å². The van der Waals surface area contributed by atoms with Crippen LogP contribution in [0.4, 0.5) is 0 Å². The van der Waals surface area contributed by atoms with Crippen LogP contribution in [0.1, 0.15) is 27.2 Å². The van der Waals surface area contributed by atoms with Crippen molar-refractivity contribution in [3.8, 4) is 11.6 Å². The molecule has 31 heavy (non-hydrogen) atoms. The third-order valence-corrected chi connectivity index (χ3v) is 4.57. The lowest BCUT2D eigenvalue weighted by Crippen LogP contribution is -2.23. The predicted octanol–water partition coefficient (Wildman–Crippen LogP) is 4.76. The molecule has 0 saturated carbocycles. The van der Waals surface area contributed by atoms with Crippen LogP contribution in [0.5, 0.6) is 11.6 Å². The molecule has 1 amide bonds. The number of aromatic nitrogens is 1. The summed E-state index contributed by atoms with van der Waals surface area (Å²) in [5, 5.41) is 2.87. The van der Waals surface area contributed by atoms with E-state index in [-0.39, 0.29) is 18.3 Å². The summed E-state index contributed by atoms with van der Waals surface area (Å²) in [6.45, 7) is 1.000. The van der Waals surface area contributed by atoms with Crippen LogP contribution in [-0.4, -0.2) is 10.9 Å². The third-order valence-electron chi connectivity index (χ3n) is 4.57.